The molecule has 5 heteroatoms. The Bertz CT molecular complexity index is 533. The van der Waals surface area contributed by atoms with Crippen molar-refractivity contribution in [1.29, 1.82) is 0 Å². The van der Waals surface area contributed by atoms with Crippen LogP contribution in [0.5, 0.6) is 0 Å². The van der Waals surface area contributed by atoms with Gasteiger partial charge in [0.1, 0.15) is 15.9 Å². The Morgan fingerprint density at radius 2 is 2.40 bits per heavy atom. The van der Waals surface area contributed by atoms with Gasteiger partial charge in [-0.15, -0.1) is 0 Å². The number of Topliss-reactive ketones (excluding diaryl/α,β-unsaturated/α-hetero) is 1. The lowest BCUT2D eigenvalue weighted by Crippen LogP contribution is -2.14. The number of carbonyl (C=O) groups is 1. The Morgan fingerprint density at radius 1 is 1.67 bits per heavy atom. The smallest absolute Gasteiger partial charge is 0.197 e. The fraction of sp³-hybridized carbons (Fsp3) is 0.200. The molecule has 15 heavy (non-hydrogen) atoms. The zero-order valence-corrected chi connectivity index (χ0v) is 9.78. The molecule has 0 aliphatic heterocycles. The van der Waals surface area contributed by atoms with Gasteiger partial charge in [-0.1, -0.05) is 6.07 Å². The van der Waals surface area contributed by atoms with Crippen molar-refractivity contribution in [3.05, 3.63) is 34.2 Å². The summed E-state index contributed by atoms with van der Waals surface area (Å²) in [5, 5.41) is 0. The third-order valence-corrected chi connectivity index (χ3v) is 2.99. The molecule has 78 valence electrons. The molecule has 2 aromatic rings. The third kappa shape index (κ3) is 1.57. The van der Waals surface area contributed by atoms with Crippen LogP contribution in [0.3, 0.4) is 0 Å². The summed E-state index contributed by atoms with van der Waals surface area (Å²) in [6.07, 6.45) is 1.85. The number of carbonyl (C=O) groups excluding carboxylic acids is 1. The summed E-state index contributed by atoms with van der Waals surface area (Å²) in [7, 11) is 0. The highest BCUT2D eigenvalue weighted by Crippen LogP contribution is 2.21. The summed E-state index contributed by atoms with van der Waals surface area (Å²) in [6.45, 7) is 1.92. The first-order chi connectivity index (χ1) is 7.15. The highest BCUT2D eigenvalue weighted by atomic mass is 79.9. The van der Waals surface area contributed by atoms with Crippen molar-refractivity contribution in [1.82, 2.24) is 9.38 Å². The van der Waals surface area contributed by atoms with Gasteiger partial charge in [0.25, 0.3) is 0 Å². The number of aromatic nitrogens is 2. The Morgan fingerprint density at radius 3 is 3.00 bits per heavy atom. The number of rotatable bonds is 2. The second kappa shape index (κ2) is 3.75. The number of imidazole rings is 1. The van der Waals surface area contributed by atoms with E-state index < -0.39 is 0 Å². The zero-order chi connectivity index (χ0) is 11.0. The summed E-state index contributed by atoms with van der Waals surface area (Å²) in [5.41, 5.74) is 7.51. The van der Waals surface area contributed by atoms with Crippen LogP contribution in [0.15, 0.2) is 22.9 Å². The van der Waals surface area contributed by atoms with Gasteiger partial charge in [-0.2, -0.15) is 0 Å². The van der Waals surface area contributed by atoms with Crippen molar-refractivity contribution in [2.24, 2.45) is 5.73 Å². The van der Waals surface area contributed by atoms with Gasteiger partial charge in [-0.25, -0.2) is 4.98 Å². The molecule has 0 radical (unpaired) electrons. The highest BCUT2D eigenvalue weighted by Gasteiger charge is 2.16. The summed E-state index contributed by atoms with van der Waals surface area (Å²) in [5.74, 6) is -0.162. The zero-order valence-electron chi connectivity index (χ0n) is 8.20. The van der Waals surface area contributed by atoms with Crippen molar-refractivity contribution in [2.75, 3.05) is 6.54 Å². The van der Waals surface area contributed by atoms with Crippen LogP contribution < -0.4 is 5.73 Å². The Balaban J connectivity index is 2.75. The number of fused-ring (bicyclic) bond motifs is 1. The van der Waals surface area contributed by atoms with E-state index in [4.69, 9.17) is 5.73 Å². The molecule has 2 N–H and O–H groups in total. The van der Waals surface area contributed by atoms with Crippen molar-refractivity contribution in [3.63, 3.8) is 0 Å². The van der Waals surface area contributed by atoms with Crippen molar-refractivity contribution in [2.45, 2.75) is 6.92 Å². The van der Waals surface area contributed by atoms with Crippen LogP contribution >= 0.6 is 15.9 Å². The maximum absolute atomic E-state index is 11.5. The van der Waals surface area contributed by atoms with E-state index in [1.54, 1.807) is 0 Å². The highest BCUT2D eigenvalue weighted by molar-refractivity contribution is 9.10. The molecule has 0 bridgehead atoms. The van der Waals surface area contributed by atoms with E-state index in [9.17, 15) is 4.79 Å². The normalized spacial score (nSPS) is 10.9. The summed E-state index contributed by atoms with van der Waals surface area (Å²) in [6, 6.07) is 3.86. The number of aryl methyl sites for hydroxylation is 1. The fourth-order valence-corrected chi connectivity index (χ4v) is 2.05. The van der Waals surface area contributed by atoms with Crippen LogP contribution in [0.4, 0.5) is 0 Å². The van der Waals surface area contributed by atoms with Gasteiger partial charge in [-0.3, -0.25) is 9.20 Å². The van der Waals surface area contributed by atoms with Crippen LogP contribution in [0.2, 0.25) is 0 Å². The number of hydrogen-bond donors (Lipinski definition) is 1. The number of nitrogens with zero attached hydrogens (tertiary/aromatic N) is 2. The SMILES string of the molecule is Cc1cccn2c(Br)c(C(=O)CN)nc12. The predicted octanol–water partition coefficient (Wildman–Crippen LogP) is 1.55. The molecule has 0 atom stereocenters. The number of hydrogen-bond acceptors (Lipinski definition) is 3. The average molecular weight is 268 g/mol. The van der Waals surface area contributed by atoms with Crippen LogP contribution in [-0.2, 0) is 0 Å². The molecule has 2 rings (SSSR count). The largest absolute Gasteiger partial charge is 0.324 e. The van der Waals surface area contributed by atoms with Gasteiger partial charge < -0.3 is 5.73 Å². The lowest BCUT2D eigenvalue weighted by molar-refractivity contribution is 0.0996. The topological polar surface area (TPSA) is 60.4 Å². The number of halogens is 1. The number of ketones is 1. The van der Waals surface area contributed by atoms with E-state index in [0.717, 1.165) is 11.2 Å². The fourth-order valence-electron chi connectivity index (χ4n) is 1.45. The predicted molar refractivity (Wildman–Crippen MR) is 61.0 cm³/mol. The van der Waals surface area contributed by atoms with Gasteiger partial charge >= 0.3 is 0 Å². The van der Waals surface area contributed by atoms with E-state index >= 15 is 0 Å². The molecule has 0 saturated heterocycles. The Hall–Kier alpha value is -1.20. The third-order valence-electron chi connectivity index (χ3n) is 2.24. The van der Waals surface area contributed by atoms with Crippen LogP contribution in [-0.4, -0.2) is 21.7 Å². The molecule has 0 amide bonds. The van der Waals surface area contributed by atoms with E-state index in [1.807, 2.05) is 29.7 Å². The molecule has 2 aromatic heterocycles. The van der Waals surface area contributed by atoms with Gasteiger partial charge in [-0.05, 0) is 34.5 Å². The lowest BCUT2D eigenvalue weighted by atomic mass is 10.3. The first-order valence-corrected chi connectivity index (χ1v) is 5.31. The van der Waals surface area contributed by atoms with Crippen molar-refractivity contribution < 1.29 is 4.79 Å². The second-order valence-electron chi connectivity index (χ2n) is 3.26. The quantitative estimate of drug-likeness (QED) is 0.840. The molecule has 0 aliphatic rings. The first-order valence-electron chi connectivity index (χ1n) is 4.51. The van der Waals surface area contributed by atoms with Crippen LogP contribution in [0.1, 0.15) is 16.1 Å². The van der Waals surface area contributed by atoms with E-state index in [0.29, 0.717) is 10.3 Å². The Kier molecular flexibility index (Phi) is 2.58. The maximum atomic E-state index is 11.5. The van der Waals surface area contributed by atoms with E-state index in [-0.39, 0.29) is 12.3 Å². The Labute approximate surface area is 95.2 Å². The van der Waals surface area contributed by atoms with Crippen LogP contribution in [0, 0.1) is 6.92 Å². The van der Waals surface area contributed by atoms with Gasteiger partial charge in [0, 0.05) is 6.20 Å². The van der Waals surface area contributed by atoms with E-state index in [2.05, 4.69) is 20.9 Å². The average Bonchev–Trinajstić information content (AvgIpc) is 2.57. The molecule has 0 fully saturated rings. The summed E-state index contributed by atoms with van der Waals surface area (Å²) < 4.78 is 2.50. The summed E-state index contributed by atoms with van der Waals surface area (Å²) >= 11 is 3.35. The number of nitrogens with two attached hydrogens (primary N) is 1. The molecule has 0 saturated carbocycles. The molecule has 0 unspecified atom stereocenters. The number of pyridine rings is 1. The molecule has 0 aromatic carbocycles. The van der Waals surface area contributed by atoms with Gasteiger partial charge in [0.2, 0.25) is 0 Å². The minimum Gasteiger partial charge on any atom is -0.324 e. The molecule has 0 aliphatic carbocycles. The first kappa shape index (κ1) is 10.3. The summed E-state index contributed by atoms with van der Waals surface area (Å²) in [4.78, 5) is 15.8. The van der Waals surface area contributed by atoms with Gasteiger partial charge in [0.05, 0.1) is 6.54 Å². The second-order valence-corrected chi connectivity index (χ2v) is 4.01. The molecular formula is C10H10BrN3O. The minimum atomic E-state index is -0.162. The molecule has 4 nitrogen and oxygen atoms in total. The van der Waals surface area contributed by atoms with Gasteiger partial charge in [0.15, 0.2) is 5.78 Å². The van der Waals surface area contributed by atoms with E-state index in [1.165, 1.54) is 0 Å². The molecular weight excluding hydrogens is 258 g/mol. The maximum Gasteiger partial charge on any atom is 0.197 e. The molecule has 0 spiro atoms. The van der Waals surface area contributed by atoms with Crippen LogP contribution in [0.25, 0.3) is 5.65 Å². The van der Waals surface area contributed by atoms with Crippen molar-refractivity contribution >= 4 is 27.4 Å². The standard InChI is InChI=1S/C10H10BrN3O/c1-6-3-2-4-14-9(11)8(7(15)5-12)13-10(6)14/h2-4H,5,12H2,1H3. The lowest BCUT2D eigenvalue weighted by Gasteiger charge is -1.96. The monoisotopic (exact) mass is 267 g/mol. The molecule has 2 heterocycles. The minimum absolute atomic E-state index is 0.0263. The van der Waals surface area contributed by atoms with Crippen molar-refractivity contribution in [3.8, 4) is 0 Å².